The number of β-amino-alcohol motifs (C(OH)–C–C–N with tert-alkyl or cyclic N) is 1. The van der Waals surface area contributed by atoms with Crippen LogP contribution in [0.3, 0.4) is 0 Å². The SMILES string of the molecule is COC(=O)[C@@H]1C[C@H](O)CN1Cc1cc(-c2ccccc2)cs1. The average Bonchev–Trinajstić information content (AvgIpc) is 3.14. The fourth-order valence-corrected chi connectivity index (χ4v) is 3.80. The molecule has 1 fully saturated rings. The van der Waals surface area contributed by atoms with Crippen molar-refractivity contribution >= 4 is 17.3 Å². The molecule has 4 nitrogen and oxygen atoms in total. The highest BCUT2D eigenvalue weighted by molar-refractivity contribution is 7.10. The van der Waals surface area contributed by atoms with Crippen LogP contribution < -0.4 is 0 Å². The lowest BCUT2D eigenvalue weighted by atomic mass is 10.1. The molecule has 0 radical (unpaired) electrons. The molecule has 2 atom stereocenters. The van der Waals surface area contributed by atoms with Crippen LogP contribution >= 0.6 is 11.3 Å². The molecular weight excluding hydrogens is 298 g/mol. The molecule has 0 spiro atoms. The zero-order valence-corrected chi connectivity index (χ0v) is 13.3. The normalized spacial score (nSPS) is 21.9. The summed E-state index contributed by atoms with van der Waals surface area (Å²) in [7, 11) is 1.39. The van der Waals surface area contributed by atoms with Gasteiger partial charge >= 0.3 is 5.97 Å². The van der Waals surface area contributed by atoms with E-state index in [0.29, 0.717) is 19.5 Å². The molecule has 1 aromatic heterocycles. The van der Waals surface area contributed by atoms with Crippen molar-refractivity contribution in [1.82, 2.24) is 4.90 Å². The van der Waals surface area contributed by atoms with Gasteiger partial charge in [-0.05, 0) is 22.6 Å². The van der Waals surface area contributed by atoms with E-state index in [9.17, 15) is 9.90 Å². The Labute approximate surface area is 134 Å². The van der Waals surface area contributed by atoms with Gasteiger partial charge in [0, 0.05) is 24.4 Å². The molecule has 1 aliphatic heterocycles. The Hall–Kier alpha value is -1.69. The van der Waals surface area contributed by atoms with Crippen molar-refractivity contribution in [2.24, 2.45) is 0 Å². The van der Waals surface area contributed by atoms with Gasteiger partial charge in [0.25, 0.3) is 0 Å². The molecule has 5 heteroatoms. The van der Waals surface area contributed by atoms with Gasteiger partial charge in [0.15, 0.2) is 0 Å². The van der Waals surface area contributed by atoms with Crippen molar-refractivity contribution in [3.8, 4) is 11.1 Å². The number of esters is 1. The van der Waals surface area contributed by atoms with Crippen LogP contribution in [-0.4, -0.2) is 41.8 Å². The minimum atomic E-state index is -0.461. The van der Waals surface area contributed by atoms with Crippen LogP contribution in [0.5, 0.6) is 0 Å². The second kappa shape index (κ2) is 6.60. The molecule has 2 heterocycles. The average molecular weight is 317 g/mol. The van der Waals surface area contributed by atoms with Gasteiger partial charge in [-0.15, -0.1) is 11.3 Å². The van der Waals surface area contributed by atoms with Gasteiger partial charge in [0.1, 0.15) is 6.04 Å². The first-order valence-corrected chi connectivity index (χ1v) is 8.18. The summed E-state index contributed by atoms with van der Waals surface area (Å²) in [6, 6.07) is 12.0. The Morgan fingerprint density at radius 1 is 1.36 bits per heavy atom. The third-order valence-electron chi connectivity index (χ3n) is 3.97. The van der Waals surface area contributed by atoms with Gasteiger partial charge < -0.3 is 9.84 Å². The van der Waals surface area contributed by atoms with Crippen molar-refractivity contribution in [1.29, 1.82) is 0 Å². The van der Waals surface area contributed by atoms with Crippen molar-refractivity contribution in [3.63, 3.8) is 0 Å². The van der Waals surface area contributed by atoms with Gasteiger partial charge in [-0.25, -0.2) is 0 Å². The fourth-order valence-electron chi connectivity index (χ4n) is 2.88. The monoisotopic (exact) mass is 317 g/mol. The lowest BCUT2D eigenvalue weighted by molar-refractivity contribution is -0.146. The number of hydrogen-bond acceptors (Lipinski definition) is 5. The van der Waals surface area contributed by atoms with Crippen LogP contribution in [0.1, 0.15) is 11.3 Å². The summed E-state index contributed by atoms with van der Waals surface area (Å²) in [5.74, 6) is -0.267. The van der Waals surface area contributed by atoms with Gasteiger partial charge in [-0.3, -0.25) is 9.69 Å². The summed E-state index contributed by atoms with van der Waals surface area (Å²) >= 11 is 1.68. The summed E-state index contributed by atoms with van der Waals surface area (Å²) in [6.45, 7) is 1.17. The Bertz CT molecular complexity index is 640. The molecular formula is C17H19NO3S. The molecule has 0 saturated carbocycles. The van der Waals surface area contributed by atoms with Crippen LogP contribution in [-0.2, 0) is 16.1 Å². The number of aliphatic hydroxyl groups excluding tert-OH is 1. The molecule has 22 heavy (non-hydrogen) atoms. The molecule has 1 aliphatic rings. The zero-order valence-electron chi connectivity index (χ0n) is 12.4. The molecule has 0 aliphatic carbocycles. The number of methoxy groups -OCH3 is 1. The van der Waals surface area contributed by atoms with E-state index in [1.165, 1.54) is 23.1 Å². The standard InChI is InChI=1S/C17H19NO3S/c1-21-17(20)16-8-14(19)9-18(16)10-15-7-13(11-22-15)12-5-3-2-4-6-12/h2-7,11,14,16,19H,8-10H2,1H3/t14-,16-/m0/s1. The van der Waals surface area contributed by atoms with E-state index in [-0.39, 0.29) is 12.0 Å². The minimum absolute atomic E-state index is 0.267. The Kier molecular flexibility index (Phi) is 4.57. The number of ether oxygens (including phenoxy) is 1. The Morgan fingerprint density at radius 2 is 2.14 bits per heavy atom. The Balaban J connectivity index is 1.73. The number of hydrogen-bond donors (Lipinski definition) is 1. The second-order valence-electron chi connectivity index (χ2n) is 5.53. The largest absolute Gasteiger partial charge is 0.468 e. The fraction of sp³-hybridized carbons (Fsp3) is 0.353. The van der Waals surface area contributed by atoms with Crippen LogP contribution in [0, 0.1) is 0 Å². The number of nitrogens with zero attached hydrogens (tertiary/aromatic N) is 1. The lowest BCUT2D eigenvalue weighted by Crippen LogP contribution is -2.36. The van der Waals surface area contributed by atoms with Crippen LogP contribution in [0.4, 0.5) is 0 Å². The Morgan fingerprint density at radius 3 is 2.86 bits per heavy atom. The zero-order chi connectivity index (χ0) is 15.5. The van der Waals surface area contributed by atoms with Crippen molar-refractivity contribution in [2.75, 3.05) is 13.7 Å². The quantitative estimate of drug-likeness (QED) is 0.881. The van der Waals surface area contributed by atoms with E-state index in [2.05, 4.69) is 23.6 Å². The third kappa shape index (κ3) is 3.21. The number of thiophene rings is 1. The first-order chi connectivity index (χ1) is 10.7. The topological polar surface area (TPSA) is 49.8 Å². The van der Waals surface area contributed by atoms with Gasteiger partial charge in [0.2, 0.25) is 0 Å². The smallest absolute Gasteiger partial charge is 0.323 e. The summed E-state index contributed by atoms with van der Waals surface area (Å²) < 4.78 is 4.84. The maximum Gasteiger partial charge on any atom is 0.323 e. The highest BCUT2D eigenvalue weighted by Gasteiger charge is 2.36. The van der Waals surface area contributed by atoms with E-state index >= 15 is 0 Å². The first kappa shape index (κ1) is 15.2. The third-order valence-corrected chi connectivity index (χ3v) is 4.90. The molecule has 0 unspecified atom stereocenters. The van der Waals surface area contributed by atoms with Crippen LogP contribution in [0.25, 0.3) is 11.1 Å². The highest BCUT2D eigenvalue weighted by atomic mass is 32.1. The molecule has 1 aromatic carbocycles. The highest BCUT2D eigenvalue weighted by Crippen LogP contribution is 2.28. The molecule has 0 bridgehead atoms. The molecule has 1 N–H and O–H groups in total. The van der Waals surface area contributed by atoms with Crippen LogP contribution in [0.15, 0.2) is 41.8 Å². The second-order valence-corrected chi connectivity index (χ2v) is 6.52. The van der Waals surface area contributed by atoms with E-state index in [0.717, 1.165) is 0 Å². The number of benzene rings is 1. The molecule has 1 saturated heterocycles. The predicted molar refractivity (Wildman–Crippen MR) is 86.6 cm³/mol. The maximum absolute atomic E-state index is 11.8. The molecule has 0 amide bonds. The summed E-state index contributed by atoms with van der Waals surface area (Å²) in [6.07, 6.45) is -0.0125. The summed E-state index contributed by atoms with van der Waals surface area (Å²) in [5, 5.41) is 12.0. The van der Waals surface area contributed by atoms with Gasteiger partial charge in [-0.1, -0.05) is 30.3 Å². The minimum Gasteiger partial charge on any atom is -0.468 e. The number of rotatable bonds is 4. The summed E-state index contributed by atoms with van der Waals surface area (Å²) in [4.78, 5) is 15.0. The molecule has 2 aromatic rings. The first-order valence-electron chi connectivity index (χ1n) is 7.30. The van der Waals surface area contributed by atoms with E-state index in [1.54, 1.807) is 11.3 Å². The number of aliphatic hydroxyl groups is 1. The van der Waals surface area contributed by atoms with Crippen molar-refractivity contribution in [3.05, 3.63) is 46.7 Å². The van der Waals surface area contributed by atoms with Gasteiger partial charge in [-0.2, -0.15) is 0 Å². The molecule has 3 rings (SSSR count). The van der Waals surface area contributed by atoms with E-state index in [4.69, 9.17) is 4.74 Å². The number of carbonyl (C=O) groups is 1. The van der Waals surface area contributed by atoms with E-state index < -0.39 is 6.10 Å². The maximum atomic E-state index is 11.8. The lowest BCUT2D eigenvalue weighted by Gasteiger charge is -2.21. The van der Waals surface area contributed by atoms with Crippen LogP contribution in [0.2, 0.25) is 0 Å². The van der Waals surface area contributed by atoms with Crippen molar-refractivity contribution in [2.45, 2.75) is 25.1 Å². The molecule has 116 valence electrons. The predicted octanol–water partition coefficient (Wildman–Crippen LogP) is 2.52. The number of carbonyl (C=O) groups excluding carboxylic acids is 1. The summed E-state index contributed by atoms with van der Waals surface area (Å²) in [5.41, 5.74) is 2.38. The van der Waals surface area contributed by atoms with Crippen molar-refractivity contribution < 1.29 is 14.6 Å². The van der Waals surface area contributed by atoms with Gasteiger partial charge in [0.05, 0.1) is 13.2 Å². The number of likely N-dealkylation sites (tertiary alicyclic amines) is 1. The van der Waals surface area contributed by atoms with E-state index in [1.807, 2.05) is 23.1 Å².